The monoisotopic (exact) mass is 340 g/mol. The van der Waals surface area contributed by atoms with Gasteiger partial charge in [0.05, 0.1) is 25.4 Å². The Labute approximate surface area is 142 Å². The summed E-state index contributed by atoms with van der Waals surface area (Å²) >= 11 is 5.97. The molecule has 1 atom stereocenters. The Balaban J connectivity index is 1.90. The van der Waals surface area contributed by atoms with E-state index in [1.807, 2.05) is 0 Å². The Hall–Kier alpha value is -1.30. The molecule has 0 aliphatic carbocycles. The fourth-order valence-electron chi connectivity index (χ4n) is 2.75. The van der Waals surface area contributed by atoms with E-state index in [2.05, 4.69) is 24.1 Å². The van der Waals surface area contributed by atoms with Crippen molar-refractivity contribution in [2.75, 3.05) is 39.9 Å². The summed E-state index contributed by atoms with van der Waals surface area (Å²) in [6.45, 7) is 8.43. The Morgan fingerprint density at radius 3 is 3.00 bits per heavy atom. The van der Waals surface area contributed by atoms with Crippen LogP contribution in [0, 0.1) is 5.92 Å². The van der Waals surface area contributed by atoms with Crippen LogP contribution >= 0.6 is 11.6 Å². The molecule has 1 aromatic carbocycles. The van der Waals surface area contributed by atoms with E-state index < -0.39 is 0 Å². The van der Waals surface area contributed by atoms with Crippen molar-refractivity contribution in [2.24, 2.45) is 5.92 Å². The zero-order valence-electron chi connectivity index (χ0n) is 14.0. The van der Waals surface area contributed by atoms with E-state index in [1.165, 1.54) is 7.11 Å². The first-order chi connectivity index (χ1) is 11.0. The van der Waals surface area contributed by atoms with Crippen molar-refractivity contribution >= 4 is 17.5 Å². The quantitative estimate of drug-likeness (QED) is 0.864. The van der Waals surface area contributed by atoms with Crippen molar-refractivity contribution in [3.63, 3.8) is 0 Å². The highest BCUT2D eigenvalue weighted by molar-refractivity contribution is 6.31. The van der Waals surface area contributed by atoms with Crippen LogP contribution in [0.4, 0.5) is 0 Å². The van der Waals surface area contributed by atoms with Crippen LogP contribution in [0.5, 0.6) is 5.75 Å². The van der Waals surface area contributed by atoms with Gasteiger partial charge < -0.3 is 14.8 Å². The molecule has 23 heavy (non-hydrogen) atoms. The van der Waals surface area contributed by atoms with Crippen molar-refractivity contribution < 1.29 is 14.3 Å². The fourth-order valence-corrected chi connectivity index (χ4v) is 2.92. The summed E-state index contributed by atoms with van der Waals surface area (Å²) in [4.78, 5) is 14.7. The van der Waals surface area contributed by atoms with Gasteiger partial charge in [0.1, 0.15) is 5.75 Å². The normalized spacial score (nSPS) is 18.9. The largest absolute Gasteiger partial charge is 0.496 e. The molecule has 0 aromatic heterocycles. The summed E-state index contributed by atoms with van der Waals surface area (Å²) in [7, 11) is 1.54. The summed E-state index contributed by atoms with van der Waals surface area (Å²) in [5.74, 6) is 0.936. The van der Waals surface area contributed by atoms with Gasteiger partial charge in [-0.15, -0.1) is 0 Å². The molecule has 1 unspecified atom stereocenters. The van der Waals surface area contributed by atoms with Gasteiger partial charge >= 0.3 is 0 Å². The minimum Gasteiger partial charge on any atom is -0.496 e. The maximum absolute atomic E-state index is 12.4. The number of methoxy groups -OCH3 is 1. The lowest BCUT2D eigenvalue weighted by molar-refractivity contribution is -0.0295. The van der Waals surface area contributed by atoms with Gasteiger partial charge in [0.25, 0.3) is 5.91 Å². The highest BCUT2D eigenvalue weighted by Gasteiger charge is 2.22. The van der Waals surface area contributed by atoms with Gasteiger partial charge in [0.2, 0.25) is 0 Å². The maximum atomic E-state index is 12.4. The Morgan fingerprint density at radius 2 is 2.30 bits per heavy atom. The van der Waals surface area contributed by atoms with Gasteiger partial charge in [-0.05, 0) is 24.1 Å². The topological polar surface area (TPSA) is 50.8 Å². The van der Waals surface area contributed by atoms with E-state index in [-0.39, 0.29) is 12.0 Å². The second-order valence-corrected chi connectivity index (χ2v) is 6.64. The molecular weight excluding hydrogens is 316 g/mol. The second-order valence-electron chi connectivity index (χ2n) is 6.20. The minimum absolute atomic E-state index is 0.0108. The van der Waals surface area contributed by atoms with Crippen LogP contribution in [-0.4, -0.2) is 56.8 Å². The third-order valence-corrected chi connectivity index (χ3v) is 3.98. The number of nitrogens with zero attached hydrogens (tertiary/aromatic N) is 1. The molecule has 1 heterocycles. The highest BCUT2D eigenvalue weighted by atomic mass is 35.5. The molecule has 1 aliphatic rings. The van der Waals surface area contributed by atoms with Crippen LogP contribution in [-0.2, 0) is 4.74 Å². The number of amides is 1. The Kier molecular flexibility index (Phi) is 6.69. The molecule has 1 N–H and O–H groups in total. The number of morpholine rings is 1. The molecule has 0 bridgehead atoms. The van der Waals surface area contributed by atoms with Gasteiger partial charge in [-0.25, -0.2) is 0 Å². The molecule has 0 saturated carbocycles. The lowest BCUT2D eigenvalue weighted by Gasteiger charge is -2.34. The predicted octanol–water partition coefficient (Wildman–Crippen LogP) is 2.44. The highest BCUT2D eigenvalue weighted by Crippen LogP contribution is 2.22. The first kappa shape index (κ1) is 18.0. The van der Waals surface area contributed by atoms with Gasteiger partial charge in [0.15, 0.2) is 0 Å². The number of nitrogens with one attached hydrogen (secondary N) is 1. The zero-order valence-corrected chi connectivity index (χ0v) is 14.7. The van der Waals surface area contributed by atoms with Crippen LogP contribution in [0.15, 0.2) is 18.2 Å². The molecule has 1 fully saturated rings. The maximum Gasteiger partial charge on any atom is 0.255 e. The van der Waals surface area contributed by atoms with Crippen LogP contribution in [0.25, 0.3) is 0 Å². The SMILES string of the molecule is COc1ccc(Cl)cc1C(=O)NCC1CN(CC(C)C)CCO1. The van der Waals surface area contributed by atoms with Crippen LogP contribution in [0.3, 0.4) is 0 Å². The molecule has 1 aromatic rings. The number of hydrogen-bond donors (Lipinski definition) is 1. The first-order valence-electron chi connectivity index (χ1n) is 7.95. The summed E-state index contributed by atoms with van der Waals surface area (Å²) in [5, 5.41) is 3.42. The van der Waals surface area contributed by atoms with E-state index in [9.17, 15) is 4.79 Å². The Bertz CT molecular complexity index is 537. The molecule has 1 amide bonds. The number of rotatable bonds is 6. The first-order valence-corrected chi connectivity index (χ1v) is 8.33. The van der Waals surface area contributed by atoms with Crippen molar-refractivity contribution in [1.29, 1.82) is 0 Å². The number of carbonyl (C=O) groups is 1. The molecule has 2 rings (SSSR count). The van der Waals surface area contributed by atoms with Crippen LogP contribution in [0.1, 0.15) is 24.2 Å². The van der Waals surface area contributed by atoms with Crippen LogP contribution in [0.2, 0.25) is 5.02 Å². The van der Waals surface area contributed by atoms with Crippen molar-refractivity contribution in [3.8, 4) is 5.75 Å². The average molecular weight is 341 g/mol. The zero-order chi connectivity index (χ0) is 16.8. The number of ether oxygens (including phenoxy) is 2. The van der Waals surface area contributed by atoms with E-state index in [0.29, 0.717) is 35.4 Å². The smallest absolute Gasteiger partial charge is 0.255 e. The van der Waals surface area contributed by atoms with Gasteiger partial charge in [-0.3, -0.25) is 9.69 Å². The van der Waals surface area contributed by atoms with Gasteiger partial charge in [-0.1, -0.05) is 25.4 Å². The molecule has 128 valence electrons. The molecular formula is C17H25ClN2O3. The van der Waals surface area contributed by atoms with E-state index in [0.717, 1.165) is 19.6 Å². The molecule has 0 radical (unpaired) electrons. The standard InChI is InChI=1S/C17H25ClN2O3/c1-12(2)10-20-6-7-23-14(11-20)9-19-17(21)15-8-13(18)4-5-16(15)22-3/h4-5,8,12,14H,6-7,9-11H2,1-3H3,(H,19,21). The second kappa shape index (κ2) is 8.52. The average Bonchev–Trinajstić information content (AvgIpc) is 2.52. The van der Waals surface area contributed by atoms with E-state index in [4.69, 9.17) is 21.1 Å². The summed E-state index contributed by atoms with van der Waals surface area (Å²) < 4.78 is 11.0. The van der Waals surface area contributed by atoms with E-state index in [1.54, 1.807) is 18.2 Å². The minimum atomic E-state index is -0.200. The number of halogens is 1. The van der Waals surface area contributed by atoms with Crippen molar-refractivity contribution in [1.82, 2.24) is 10.2 Å². The molecule has 1 aliphatic heterocycles. The lowest BCUT2D eigenvalue weighted by atomic mass is 10.1. The number of hydrogen-bond acceptors (Lipinski definition) is 4. The number of carbonyl (C=O) groups excluding carboxylic acids is 1. The fraction of sp³-hybridized carbons (Fsp3) is 0.588. The van der Waals surface area contributed by atoms with Crippen LogP contribution < -0.4 is 10.1 Å². The van der Waals surface area contributed by atoms with E-state index >= 15 is 0 Å². The van der Waals surface area contributed by atoms with Gasteiger partial charge in [0, 0.05) is 31.2 Å². The van der Waals surface area contributed by atoms with Gasteiger partial charge in [-0.2, -0.15) is 0 Å². The predicted molar refractivity (Wildman–Crippen MR) is 91.4 cm³/mol. The van der Waals surface area contributed by atoms with Crippen molar-refractivity contribution in [2.45, 2.75) is 20.0 Å². The third kappa shape index (κ3) is 5.37. The third-order valence-electron chi connectivity index (χ3n) is 3.74. The molecule has 5 nitrogen and oxygen atoms in total. The molecule has 0 spiro atoms. The number of benzene rings is 1. The lowest BCUT2D eigenvalue weighted by Crippen LogP contribution is -2.48. The molecule has 1 saturated heterocycles. The summed E-state index contributed by atoms with van der Waals surface area (Å²) in [6, 6.07) is 5.01. The van der Waals surface area contributed by atoms with Crippen molar-refractivity contribution in [3.05, 3.63) is 28.8 Å². The Morgan fingerprint density at radius 1 is 1.52 bits per heavy atom. The summed E-state index contributed by atoms with van der Waals surface area (Å²) in [5.41, 5.74) is 0.440. The summed E-state index contributed by atoms with van der Waals surface area (Å²) in [6.07, 6.45) is 0.0108. The molecule has 6 heteroatoms.